The number of halogens is 1. The summed E-state index contributed by atoms with van der Waals surface area (Å²) in [7, 11) is 1.81. The standard InChI is InChI=1S/C21H28FN5O2/c1-26-14-18(21(29)24-13-16-2-4-17(22)5-3-16)19(25-26)12-15-6-9-27(10-7-15)11-8-20(23)28/h2-5,14-15H,6-13H2,1H3,(H2,23,28)(H,24,29). The van der Waals surface area contributed by atoms with Gasteiger partial charge in [-0.1, -0.05) is 12.1 Å². The van der Waals surface area contributed by atoms with E-state index in [2.05, 4.69) is 15.3 Å². The van der Waals surface area contributed by atoms with E-state index in [1.807, 2.05) is 7.05 Å². The summed E-state index contributed by atoms with van der Waals surface area (Å²) in [5, 5.41) is 7.40. The van der Waals surface area contributed by atoms with Gasteiger partial charge in [0.25, 0.3) is 5.91 Å². The third kappa shape index (κ3) is 6.12. The van der Waals surface area contributed by atoms with Crippen LogP contribution in [0, 0.1) is 11.7 Å². The first kappa shape index (κ1) is 21.0. The van der Waals surface area contributed by atoms with Gasteiger partial charge in [0.1, 0.15) is 5.82 Å². The molecule has 0 atom stereocenters. The minimum absolute atomic E-state index is 0.170. The molecular weight excluding hydrogens is 373 g/mol. The fourth-order valence-corrected chi connectivity index (χ4v) is 3.71. The Balaban J connectivity index is 1.54. The molecular formula is C21H28FN5O2. The van der Waals surface area contributed by atoms with Gasteiger partial charge in [0, 0.05) is 32.8 Å². The van der Waals surface area contributed by atoms with Crippen LogP contribution >= 0.6 is 0 Å². The number of amides is 2. The van der Waals surface area contributed by atoms with Gasteiger partial charge in [-0.05, 0) is 56.0 Å². The quantitative estimate of drug-likeness (QED) is 0.703. The number of hydrogen-bond donors (Lipinski definition) is 2. The van der Waals surface area contributed by atoms with Crippen molar-refractivity contribution < 1.29 is 14.0 Å². The normalized spacial score (nSPS) is 15.4. The minimum atomic E-state index is -0.296. The highest BCUT2D eigenvalue weighted by Gasteiger charge is 2.23. The molecule has 1 aromatic carbocycles. The summed E-state index contributed by atoms with van der Waals surface area (Å²) in [5.41, 5.74) is 7.46. The molecule has 0 unspecified atom stereocenters. The second-order valence-electron chi connectivity index (χ2n) is 7.68. The molecule has 0 bridgehead atoms. The summed E-state index contributed by atoms with van der Waals surface area (Å²) >= 11 is 0. The van der Waals surface area contributed by atoms with Crippen molar-refractivity contribution in [3.05, 3.63) is 53.1 Å². The molecule has 156 valence electrons. The molecule has 3 rings (SSSR count). The summed E-state index contributed by atoms with van der Waals surface area (Å²) < 4.78 is 14.7. The lowest BCUT2D eigenvalue weighted by atomic mass is 9.91. The van der Waals surface area contributed by atoms with Gasteiger partial charge < -0.3 is 16.0 Å². The highest BCUT2D eigenvalue weighted by atomic mass is 19.1. The number of nitrogens with one attached hydrogen (secondary N) is 1. The molecule has 2 amide bonds. The number of nitrogens with two attached hydrogens (primary N) is 1. The number of hydrogen-bond acceptors (Lipinski definition) is 4. The zero-order chi connectivity index (χ0) is 20.8. The van der Waals surface area contributed by atoms with Crippen molar-refractivity contribution in [3.8, 4) is 0 Å². The summed E-state index contributed by atoms with van der Waals surface area (Å²) in [6.45, 7) is 2.90. The Morgan fingerprint density at radius 3 is 2.59 bits per heavy atom. The first-order valence-electron chi connectivity index (χ1n) is 9.96. The molecule has 0 radical (unpaired) electrons. The zero-order valence-corrected chi connectivity index (χ0v) is 16.7. The first-order chi connectivity index (χ1) is 13.9. The number of aromatic nitrogens is 2. The summed E-state index contributed by atoms with van der Waals surface area (Å²) in [6, 6.07) is 6.08. The molecule has 1 saturated heterocycles. The minimum Gasteiger partial charge on any atom is -0.370 e. The van der Waals surface area contributed by atoms with Gasteiger partial charge in [0.05, 0.1) is 11.3 Å². The van der Waals surface area contributed by atoms with E-state index in [9.17, 15) is 14.0 Å². The molecule has 29 heavy (non-hydrogen) atoms. The molecule has 0 aliphatic carbocycles. The van der Waals surface area contributed by atoms with Crippen LogP contribution in [-0.2, 0) is 24.8 Å². The number of rotatable bonds is 8. The van der Waals surface area contributed by atoms with Gasteiger partial charge in [-0.2, -0.15) is 5.10 Å². The fraction of sp³-hybridized carbons (Fsp3) is 0.476. The molecule has 0 spiro atoms. The lowest BCUT2D eigenvalue weighted by Crippen LogP contribution is -2.36. The Morgan fingerprint density at radius 2 is 1.93 bits per heavy atom. The maximum atomic E-state index is 13.0. The molecule has 7 nitrogen and oxygen atoms in total. The number of nitrogens with zero attached hydrogens (tertiary/aromatic N) is 3. The third-order valence-electron chi connectivity index (χ3n) is 5.38. The average Bonchev–Trinajstić information content (AvgIpc) is 3.07. The summed E-state index contributed by atoms with van der Waals surface area (Å²) in [4.78, 5) is 25.9. The largest absolute Gasteiger partial charge is 0.370 e. The Morgan fingerprint density at radius 1 is 1.24 bits per heavy atom. The maximum absolute atomic E-state index is 13.0. The van der Waals surface area contributed by atoms with Crippen LogP contribution in [0.3, 0.4) is 0 Å². The fourth-order valence-electron chi connectivity index (χ4n) is 3.71. The van der Waals surface area contributed by atoms with Crippen molar-refractivity contribution in [1.82, 2.24) is 20.0 Å². The topological polar surface area (TPSA) is 93.3 Å². The Kier molecular flexibility index (Phi) is 6.98. The number of benzene rings is 1. The Labute approximate surface area is 170 Å². The van der Waals surface area contributed by atoms with E-state index in [1.54, 1.807) is 23.0 Å². The lowest BCUT2D eigenvalue weighted by molar-refractivity contribution is -0.118. The van der Waals surface area contributed by atoms with Crippen molar-refractivity contribution >= 4 is 11.8 Å². The number of likely N-dealkylation sites (tertiary alicyclic amines) is 1. The van der Waals surface area contributed by atoms with Gasteiger partial charge in [-0.15, -0.1) is 0 Å². The average molecular weight is 401 g/mol. The first-order valence-corrected chi connectivity index (χ1v) is 9.96. The molecule has 0 saturated carbocycles. The van der Waals surface area contributed by atoms with Crippen LogP contribution in [0.4, 0.5) is 4.39 Å². The highest BCUT2D eigenvalue weighted by molar-refractivity contribution is 5.95. The van der Waals surface area contributed by atoms with Crippen LogP contribution < -0.4 is 11.1 Å². The predicted molar refractivity (Wildman–Crippen MR) is 107 cm³/mol. The van der Waals surface area contributed by atoms with Gasteiger partial charge in [-0.25, -0.2) is 4.39 Å². The van der Waals surface area contributed by atoms with E-state index >= 15 is 0 Å². The van der Waals surface area contributed by atoms with Gasteiger partial charge >= 0.3 is 0 Å². The SMILES string of the molecule is Cn1cc(C(=O)NCc2ccc(F)cc2)c(CC2CCN(CCC(N)=O)CC2)n1. The number of primary amides is 1. The van der Waals surface area contributed by atoms with Crippen LogP contribution in [0.1, 0.15) is 40.9 Å². The van der Waals surface area contributed by atoms with Gasteiger partial charge in [0.2, 0.25) is 5.91 Å². The molecule has 1 fully saturated rings. The zero-order valence-electron chi connectivity index (χ0n) is 16.7. The van der Waals surface area contributed by atoms with Crippen LogP contribution in [0.2, 0.25) is 0 Å². The molecule has 1 aromatic heterocycles. The highest BCUT2D eigenvalue weighted by Crippen LogP contribution is 2.23. The van der Waals surface area contributed by atoms with Crippen LogP contribution in [0.5, 0.6) is 0 Å². The van der Waals surface area contributed by atoms with E-state index in [0.717, 1.165) is 43.6 Å². The predicted octanol–water partition coefficient (Wildman–Crippen LogP) is 1.62. The maximum Gasteiger partial charge on any atom is 0.255 e. The van der Waals surface area contributed by atoms with E-state index in [-0.39, 0.29) is 17.6 Å². The monoisotopic (exact) mass is 401 g/mol. The second kappa shape index (κ2) is 9.65. The number of carbonyl (C=O) groups excluding carboxylic acids is 2. The molecule has 2 aromatic rings. The van der Waals surface area contributed by atoms with E-state index in [4.69, 9.17) is 5.73 Å². The summed E-state index contributed by atoms with van der Waals surface area (Å²) in [6.07, 6.45) is 4.91. The molecule has 8 heteroatoms. The number of aryl methyl sites for hydroxylation is 1. The van der Waals surface area contributed by atoms with Crippen molar-refractivity contribution in [3.63, 3.8) is 0 Å². The molecule has 2 heterocycles. The number of carbonyl (C=O) groups is 2. The van der Waals surface area contributed by atoms with Crippen molar-refractivity contribution in [2.75, 3.05) is 19.6 Å². The van der Waals surface area contributed by atoms with Crippen molar-refractivity contribution in [2.24, 2.45) is 18.7 Å². The van der Waals surface area contributed by atoms with E-state index in [1.165, 1.54) is 12.1 Å². The van der Waals surface area contributed by atoms with Crippen LogP contribution in [0.25, 0.3) is 0 Å². The van der Waals surface area contributed by atoms with Crippen molar-refractivity contribution in [2.45, 2.75) is 32.2 Å². The van der Waals surface area contributed by atoms with Gasteiger partial charge in [-0.3, -0.25) is 14.3 Å². The molecule has 3 N–H and O–H groups in total. The molecule has 1 aliphatic rings. The van der Waals surface area contributed by atoms with Crippen molar-refractivity contribution in [1.29, 1.82) is 0 Å². The Bertz CT molecular complexity index is 841. The van der Waals surface area contributed by atoms with Crippen LogP contribution in [-0.4, -0.2) is 46.1 Å². The smallest absolute Gasteiger partial charge is 0.255 e. The van der Waals surface area contributed by atoms with E-state index in [0.29, 0.717) is 31.0 Å². The third-order valence-corrected chi connectivity index (χ3v) is 5.38. The number of piperidine rings is 1. The Hall–Kier alpha value is -2.74. The second-order valence-corrected chi connectivity index (χ2v) is 7.68. The van der Waals surface area contributed by atoms with Gasteiger partial charge in [0.15, 0.2) is 0 Å². The summed E-state index contributed by atoms with van der Waals surface area (Å²) in [5.74, 6) is -0.276. The van der Waals surface area contributed by atoms with Crippen LogP contribution in [0.15, 0.2) is 30.5 Å². The molecule has 1 aliphatic heterocycles. The van der Waals surface area contributed by atoms with E-state index < -0.39 is 0 Å². The lowest BCUT2D eigenvalue weighted by Gasteiger charge is -2.31.